The highest BCUT2D eigenvalue weighted by Crippen LogP contribution is 2.40. The second-order valence-corrected chi connectivity index (χ2v) is 4.72. The van der Waals surface area contributed by atoms with E-state index in [-0.39, 0.29) is 12.1 Å². The third-order valence-corrected chi connectivity index (χ3v) is 3.32. The molecule has 0 spiro atoms. The predicted molar refractivity (Wildman–Crippen MR) is 71.1 cm³/mol. The molecule has 0 aromatic heterocycles. The van der Waals surface area contributed by atoms with Crippen molar-refractivity contribution in [2.24, 2.45) is 0 Å². The van der Waals surface area contributed by atoms with Gasteiger partial charge in [-0.3, -0.25) is 4.79 Å². The molecule has 0 fully saturated rings. The zero-order chi connectivity index (χ0) is 13.4. The smallest absolute Gasteiger partial charge is 0.308 e. The third kappa shape index (κ3) is 2.01. The maximum absolute atomic E-state index is 11.2. The quantitative estimate of drug-likeness (QED) is 0.563. The number of ether oxygens (including phenoxy) is 2. The molecule has 1 aromatic carbocycles. The molecular weight excluding hydrogens is 228 g/mol. The first-order chi connectivity index (χ1) is 8.41. The molecule has 0 radical (unpaired) electrons. The molecule has 0 aliphatic carbocycles. The van der Waals surface area contributed by atoms with Gasteiger partial charge in [0.1, 0.15) is 17.6 Å². The van der Waals surface area contributed by atoms with Gasteiger partial charge in [0, 0.05) is 18.1 Å². The first kappa shape index (κ1) is 12.7. The van der Waals surface area contributed by atoms with Crippen LogP contribution in [0.2, 0.25) is 0 Å². The van der Waals surface area contributed by atoms with Crippen LogP contribution < -0.4 is 9.47 Å². The maximum Gasteiger partial charge on any atom is 0.308 e. The van der Waals surface area contributed by atoms with Crippen molar-refractivity contribution in [3.8, 4) is 11.5 Å². The Labute approximate surface area is 107 Å². The van der Waals surface area contributed by atoms with Crippen LogP contribution in [0.4, 0.5) is 0 Å². The molecule has 0 N–H and O–H groups in total. The Balaban J connectivity index is 2.65. The number of esters is 1. The molecule has 3 nitrogen and oxygen atoms in total. The van der Waals surface area contributed by atoms with Gasteiger partial charge >= 0.3 is 5.97 Å². The minimum absolute atomic E-state index is 0.0783. The monoisotopic (exact) mass is 246 g/mol. The van der Waals surface area contributed by atoms with Crippen LogP contribution in [0.1, 0.15) is 36.1 Å². The van der Waals surface area contributed by atoms with E-state index < -0.39 is 0 Å². The van der Waals surface area contributed by atoms with Gasteiger partial charge in [0.25, 0.3) is 0 Å². The van der Waals surface area contributed by atoms with Gasteiger partial charge in [-0.1, -0.05) is 6.08 Å². The normalized spacial score (nSPS) is 17.1. The lowest BCUT2D eigenvalue weighted by molar-refractivity contribution is -0.131. The SMILES string of the molecule is CC(=O)Oc1c(C)c(C)c2c(c1C)C=CC(C)O2. The lowest BCUT2D eigenvalue weighted by atomic mass is 9.95. The van der Waals surface area contributed by atoms with Crippen molar-refractivity contribution in [2.45, 2.75) is 40.7 Å². The third-order valence-electron chi connectivity index (χ3n) is 3.32. The lowest BCUT2D eigenvalue weighted by Gasteiger charge is -2.25. The Hall–Kier alpha value is -1.77. The van der Waals surface area contributed by atoms with Gasteiger partial charge in [-0.2, -0.15) is 0 Å². The summed E-state index contributed by atoms with van der Waals surface area (Å²) in [5, 5.41) is 0. The summed E-state index contributed by atoms with van der Waals surface area (Å²) in [6, 6.07) is 0. The molecule has 1 aliphatic rings. The van der Waals surface area contributed by atoms with Crippen molar-refractivity contribution in [2.75, 3.05) is 0 Å². The number of carbonyl (C=O) groups excluding carboxylic acids is 1. The van der Waals surface area contributed by atoms with Crippen LogP contribution in [-0.2, 0) is 4.79 Å². The Morgan fingerprint density at radius 2 is 1.89 bits per heavy atom. The fourth-order valence-electron chi connectivity index (χ4n) is 2.22. The Kier molecular flexibility index (Phi) is 3.16. The molecule has 96 valence electrons. The molecule has 0 saturated heterocycles. The van der Waals surface area contributed by atoms with E-state index in [1.54, 1.807) is 0 Å². The summed E-state index contributed by atoms with van der Waals surface area (Å²) in [7, 11) is 0. The van der Waals surface area contributed by atoms with E-state index in [1.807, 2.05) is 39.8 Å². The molecule has 1 atom stereocenters. The van der Waals surface area contributed by atoms with Crippen LogP contribution in [0.15, 0.2) is 6.08 Å². The van der Waals surface area contributed by atoms with Crippen molar-refractivity contribution in [1.29, 1.82) is 0 Å². The second-order valence-electron chi connectivity index (χ2n) is 4.72. The van der Waals surface area contributed by atoms with Gasteiger partial charge in [0.15, 0.2) is 0 Å². The molecule has 2 rings (SSSR count). The number of carbonyl (C=O) groups is 1. The number of hydrogen-bond acceptors (Lipinski definition) is 3. The van der Waals surface area contributed by atoms with Gasteiger partial charge < -0.3 is 9.47 Å². The van der Waals surface area contributed by atoms with Crippen LogP contribution in [0.25, 0.3) is 6.08 Å². The van der Waals surface area contributed by atoms with E-state index in [9.17, 15) is 4.79 Å². The zero-order valence-corrected chi connectivity index (χ0v) is 11.5. The highest BCUT2D eigenvalue weighted by atomic mass is 16.5. The minimum atomic E-state index is -0.297. The van der Waals surface area contributed by atoms with Crippen molar-refractivity contribution >= 4 is 12.0 Å². The summed E-state index contributed by atoms with van der Waals surface area (Å²) in [6.07, 6.45) is 4.12. The molecule has 1 aromatic rings. The summed E-state index contributed by atoms with van der Waals surface area (Å²) >= 11 is 0. The summed E-state index contributed by atoms with van der Waals surface area (Å²) in [4.78, 5) is 11.2. The van der Waals surface area contributed by atoms with E-state index in [1.165, 1.54) is 6.92 Å². The Morgan fingerprint density at radius 1 is 1.22 bits per heavy atom. The molecule has 0 bridgehead atoms. The number of benzene rings is 1. The average Bonchev–Trinajstić information content (AvgIpc) is 2.31. The van der Waals surface area contributed by atoms with E-state index in [0.29, 0.717) is 5.75 Å². The highest BCUT2D eigenvalue weighted by molar-refractivity contribution is 5.75. The van der Waals surface area contributed by atoms with Crippen molar-refractivity contribution in [3.05, 3.63) is 28.3 Å². The molecule has 0 saturated carbocycles. The minimum Gasteiger partial charge on any atom is -0.486 e. The first-order valence-corrected chi connectivity index (χ1v) is 6.08. The fourth-order valence-corrected chi connectivity index (χ4v) is 2.22. The Morgan fingerprint density at radius 3 is 2.50 bits per heavy atom. The van der Waals surface area contributed by atoms with Gasteiger partial charge in [0.2, 0.25) is 0 Å². The van der Waals surface area contributed by atoms with E-state index in [2.05, 4.69) is 0 Å². The van der Waals surface area contributed by atoms with Gasteiger partial charge in [-0.25, -0.2) is 0 Å². The van der Waals surface area contributed by atoms with Crippen LogP contribution in [0.5, 0.6) is 11.5 Å². The van der Waals surface area contributed by atoms with Crippen molar-refractivity contribution in [3.63, 3.8) is 0 Å². The van der Waals surface area contributed by atoms with E-state index >= 15 is 0 Å². The molecule has 1 heterocycles. The number of fused-ring (bicyclic) bond motifs is 1. The number of rotatable bonds is 1. The van der Waals surface area contributed by atoms with Crippen LogP contribution in [0, 0.1) is 20.8 Å². The summed E-state index contributed by atoms with van der Waals surface area (Å²) in [5.74, 6) is 1.26. The van der Waals surface area contributed by atoms with Crippen molar-refractivity contribution < 1.29 is 14.3 Å². The standard InChI is InChI=1S/C15H18O3/c1-8-6-7-13-11(4)14(18-12(5)16)9(2)10(3)15(13)17-8/h6-8H,1-5H3. The van der Waals surface area contributed by atoms with Gasteiger partial charge in [-0.05, 0) is 44.9 Å². The number of hydrogen-bond donors (Lipinski definition) is 0. The maximum atomic E-state index is 11.2. The van der Waals surface area contributed by atoms with Crippen LogP contribution >= 0.6 is 0 Å². The molecule has 18 heavy (non-hydrogen) atoms. The molecular formula is C15H18O3. The fraction of sp³-hybridized carbons (Fsp3) is 0.400. The lowest BCUT2D eigenvalue weighted by Crippen LogP contribution is -2.16. The van der Waals surface area contributed by atoms with E-state index in [0.717, 1.165) is 28.0 Å². The summed E-state index contributed by atoms with van der Waals surface area (Å²) in [5.41, 5.74) is 3.95. The largest absolute Gasteiger partial charge is 0.486 e. The zero-order valence-electron chi connectivity index (χ0n) is 11.5. The van der Waals surface area contributed by atoms with Crippen LogP contribution in [0.3, 0.4) is 0 Å². The predicted octanol–water partition coefficient (Wildman–Crippen LogP) is 3.33. The molecule has 1 aliphatic heterocycles. The topological polar surface area (TPSA) is 35.5 Å². The molecule has 3 heteroatoms. The van der Waals surface area contributed by atoms with Crippen LogP contribution in [-0.4, -0.2) is 12.1 Å². The molecule has 0 amide bonds. The first-order valence-electron chi connectivity index (χ1n) is 6.08. The summed E-state index contributed by atoms with van der Waals surface area (Å²) < 4.78 is 11.2. The summed E-state index contributed by atoms with van der Waals surface area (Å²) in [6.45, 7) is 9.32. The van der Waals surface area contributed by atoms with E-state index in [4.69, 9.17) is 9.47 Å². The Bertz CT molecular complexity index is 541. The molecule has 1 unspecified atom stereocenters. The average molecular weight is 246 g/mol. The van der Waals surface area contributed by atoms with Crippen molar-refractivity contribution in [1.82, 2.24) is 0 Å². The second kappa shape index (κ2) is 4.48. The van der Waals surface area contributed by atoms with Gasteiger partial charge in [0.05, 0.1) is 0 Å². The highest BCUT2D eigenvalue weighted by Gasteiger charge is 2.22. The van der Waals surface area contributed by atoms with Gasteiger partial charge in [-0.15, -0.1) is 0 Å².